The summed E-state index contributed by atoms with van der Waals surface area (Å²) in [5.74, 6) is -1.40. The summed E-state index contributed by atoms with van der Waals surface area (Å²) in [5, 5.41) is 28.1. The molecule has 0 aliphatic rings. The van der Waals surface area contributed by atoms with Gasteiger partial charge in [-0.2, -0.15) is 0 Å². The molecule has 19 heavy (non-hydrogen) atoms. The van der Waals surface area contributed by atoms with Crippen molar-refractivity contribution in [3.63, 3.8) is 0 Å². The van der Waals surface area contributed by atoms with Gasteiger partial charge < -0.3 is 21.1 Å². The molecule has 1 aromatic carbocycles. The highest BCUT2D eigenvalue weighted by Gasteiger charge is 2.24. The number of aliphatic carboxylic acids is 1. The lowest BCUT2D eigenvalue weighted by molar-refractivity contribution is -0.142. The van der Waals surface area contributed by atoms with Crippen LogP contribution in [0.4, 0.5) is 0 Å². The number of aromatic hydroxyl groups is 2. The highest BCUT2D eigenvalue weighted by Crippen LogP contribution is 2.35. The Bertz CT molecular complexity index is 447. The third kappa shape index (κ3) is 3.86. The third-order valence-corrected chi connectivity index (χ3v) is 3.65. The van der Waals surface area contributed by atoms with Crippen molar-refractivity contribution in [2.45, 2.75) is 26.2 Å². The van der Waals surface area contributed by atoms with Crippen molar-refractivity contribution in [3.05, 3.63) is 23.8 Å². The molecule has 5 N–H and O–H groups in total. The summed E-state index contributed by atoms with van der Waals surface area (Å²) in [4.78, 5) is 11.0. The summed E-state index contributed by atoms with van der Waals surface area (Å²) in [5.41, 5.74) is 6.15. The van der Waals surface area contributed by atoms with Crippen LogP contribution in [0.5, 0.6) is 11.5 Å². The van der Waals surface area contributed by atoms with E-state index in [-0.39, 0.29) is 29.9 Å². The normalized spacial score (nSPS) is 15.7. The highest BCUT2D eigenvalue weighted by atomic mass is 16.4. The number of hydrogen-bond acceptors (Lipinski definition) is 4. The van der Waals surface area contributed by atoms with E-state index in [4.69, 9.17) is 10.8 Å². The second-order valence-corrected chi connectivity index (χ2v) is 5.02. The molecule has 3 unspecified atom stereocenters. The van der Waals surface area contributed by atoms with Gasteiger partial charge in [0.2, 0.25) is 0 Å². The zero-order chi connectivity index (χ0) is 14.6. The van der Waals surface area contributed by atoms with Gasteiger partial charge in [-0.15, -0.1) is 0 Å². The van der Waals surface area contributed by atoms with Crippen molar-refractivity contribution in [3.8, 4) is 11.5 Å². The molecule has 106 valence electrons. The number of carboxylic acids is 1. The molecule has 5 heteroatoms. The maximum atomic E-state index is 11.0. The Morgan fingerprint density at radius 2 is 1.95 bits per heavy atom. The second kappa shape index (κ2) is 6.43. The lowest BCUT2D eigenvalue weighted by Gasteiger charge is -2.23. The van der Waals surface area contributed by atoms with Crippen molar-refractivity contribution in [2.24, 2.45) is 17.6 Å². The molecule has 0 saturated carbocycles. The number of carbonyl (C=O) groups is 1. The molecule has 5 nitrogen and oxygen atoms in total. The van der Waals surface area contributed by atoms with Gasteiger partial charge in [-0.3, -0.25) is 4.79 Å². The number of benzene rings is 1. The maximum absolute atomic E-state index is 11.0. The SMILES string of the molecule is CC(CC(CN)C(=O)O)C(C)c1ccc(O)cc1O. The predicted molar refractivity (Wildman–Crippen MR) is 72.1 cm³/mol. The monoisotopic (exact) mass is 267 g/mol. The number of rotatable bonds is 6. The van der Waals surface area contributed by atoms with Crippen LogP contribution in [0, 0.1) is 11.8 Å². The van der Waals surface area contributed by atoms with E-state index in [1.54, 1.807) is 6.07 Å². The number of carboxylic acid groups (broad SMARTS) is 1. The minimum absolute atomic E-state index is 0.00599. The van der Waals surface area contributed by atoms with Gasteiger partial charge in [0.25, 0.3) is 0 Å². The fourth-order valence-electron chi connectivity index (χ4n) is 2.17. The van der Waals surface area contributed by atoms with Gasteiger partial charge >= 0.3 is 5.97 Å². The Morgan fingerprint density at radius 1 is 1.32 bits per heavy atom. The van der Waals surface area contributed by atoms with E-state index in [0.29, 0.717) is 12.0 Å². The molecular weight excluding hydrogens is 246 g/mol. The van der Waals surface area contributed by atoms with E-state index < -0.39 is 11.9 Å². The Labute approximate surface area is 112 Å². The predicted octanol–water partition coefficient (Wildman–Crippen LogP) is 1.89. The first kappa shape index (κ1) is 15.3. The summed E-state index contributed by atoms with van der Waals surface area (Å²) in [7, 11) is 0. The van der Waals surface area contributed by atoms with Gasteiger partial charge in [0.05, 0.1) is 5.92 Å². The zero-order valence-corrected chi connectivity index (χ0v) is 11.2. The Balaban J connectivity index is 2.81. The first-order valence-electron chi connectivity index (χ1n) is 6.31. The fraction of sp³-hybridized carbons (Fsp3) is 0.500. The quantitative estimate of drug-likeness (QED) is 0.630. The first-order chi connectivity index (χ1) is 8.86. The van der Waals surface area contributed by atoms with Gasteiger partial charge in [-0.05, 0) is 29.9 Å². The topological polar surface area (TPSA) is 104 Å². The van der Waals surface area contributed by atoms with E-state index in [1.165, 1.54) is 12.1 Å². The van der Waals surface area contributed by atoms with Crippen LogP contribution >= 0.6 is 0 Å². The van der Waals surface area contributed by atoms with Crippen LogP contribution in [-0.2, 0) is 4.79 Å². The number of phenolic OH excluding ortho intramolecular Hbond substituents is 2. The molecule has 0 aliphatic carbocycles. The Morgan fingerprint density at radius 3 is 2.42 bits per heavy atom. The molecular formula is C14H21NO4. The van der Waals surface area contributed by atoms with Crippen LogP contribution in [0.1, 0.15) is 31.7 Å². The summed E-state index contributed by atoms with van der Waals surface area (Å²) in [6, 6.07) is 4.45. The Hall–Kier alpha value is -1.75. The molecule has 0 spiro atoms. The van der Waals surface area contributed by atoms with Gasteiger partial charge in [-0.1, -0.05) is 19.9 Å². The summed E-state index contributed by atoms with van der Waals surface area (Å²) < 4.78 is 0. The summed E-state index contributed by atoms with van der Waals surface area (Å²) >= 11 is 0. The van der Waals surface area contributed by atoms with Crippen LogP contribution in [0.2, 0.25) is 0 Å². The van der Waals surface area contributed by atoms with Crippen LogP contribution < -0.4 is 5.73 Å². The lowest BCUT2D eigenvalue weighted by Crippen LogP contribution is -2.26. The lowest BCUT2D eigenvalue weighted by atomic mass is 9.82. The van der Waals surface area contributed by atoms with Crippen molar-refractivity contribution in [1.29, 1.82) is 0 Å². The summed E-state index contributed by atoms with van der Waals surface area (Å²) in [6.45, 7) is 3.96. The standard InChI is InChI=1S/C14H21NO4/c1-8(5-10(7-15)14(18)19)9(2)12-4-3-11(16)6-13(12)17/h3-4,6,8-10,16-17H,5,7,15H2,1-2H3,(H,18,19). The van der Waals surface area contributed by atoms with E-state index in [2.05, 4.69) is 0 Å². The molecule has 0 aliphatic heterocycles. The van der Waals surface area contributed by atoms with Crippen LogP contribution in [0.15, 0.2) is 18.2 Å². The first-order valence-corrected chi connectivity index (χ1v) is 6.31. The van der Waals surface area contributed by atoms with Crippen LogP contribution in [0.3, 0.4) is 0 Å². The molecule has 3 atom stereocenters. The molecule has 0 saturated heterocycles. The van der Waals surface area contributed by atoms with Gasteiger partial charge in [-0.25, -0.2) is 0 Å². The average Bonchev–Trinajstić information content (AvgIpc) is 2.34. The smallest absolute Gasteiger partial charge is 0.307 e. The largest absolute Gasteiger partial charge is 0.508 e. The molecule has 0 amide bonds. The van der Waals surface area contributed by atoms with Crippen molar-refractivity contribution in [1.82, 2.24) is 0 Å². The van der Waals surface area contributed by atoms with Crippen molar-refractivity contribution in [2.75, 3.05) is 6.54 Å². The molecule has 0 fully saturated rings. The van der Waals surface area contributed by atoms with Crippen molar-refractivity contribution < 1.29 is 20.1 Å². The van der Waals surface area contributed by atoms with Crippen LogP contribution in [0.25, 0.3) is 0 Å². The second-order valence-electron chi connectivity index (χ2n) is 5.02. The number of hydrogen-bond donors (Lipinski definition) is 4. The zero-order valence-electron chi connectivity index (χ0n) is 11.2. The van der Waals surface area contributed by atoms with E-state index >= 15 is 0 Å². The molecule has 0 radical (unpaired) electrons. The van der Waals surface area contributed by atoms with Gasteiger partial charge in [0.1, 0.15) is 11.5 Å². The minimum atomic E-state index is -0.892. The minimum Gasteiger partial charge on any atom is -0.508 e. The maximum Gasteiger partial charge on any atom is 0.307 e. The molecule has 0 aromatic heterocycles. The van der Waals surface area contributed by atoms with E-state index in [1.807, 2.05) is 13.8 Å². The van der Waals surface area contributed by atoms with E-state index in [0.717, 1.165) is 0 Å². The Kier molecular flexibility index (Phi) is 5.18. The van der Waals surface area contributed by atoms with Crippen molar-refractivity contribution >= 4 is 5.97 Å². The van der Waals surface area contributed by atoms with Gasteiger partial charge in [0.15, 0.2) is 0 Å². The number of nitrogens with two attached hydrogens (primary N) is 1. The fourth-order valence-corrected chi connectivity index (χ4v) is 2.17. The number of phenols is 2. The summed E-state index contributed by atoms with van der Waals surface area (Å²) in [6.07, 6.45) is 0.452. The van der Waals surface area contributed by atoms with E-state index in [9.17, 15) is 15.0 Å². The molecule has 0 bridgehead atoms. The van der Waals surface area contributed by atoms with Crippen LogP contribution in [-0.4, -0.2) is 27.8 Å². The highest BCUT2D eigenvalue weighted by molar-refractivity contribution is 5.70. The molecule has 0 heterocycles. The third-order valence-electron chi connectivity index (χ3n) is 3.65. The molecule has 1 rings (SSSR count). The average molecular weight is 267 g/mol. The molecule has 1 aromatic rings. The van der Waals surface area contributed by atoms with Gasteiger partial charge in [0, 0.05) is 12.6 Å².